The number of halogens is 1. The van der Waals surface area contributed by atoms with Crippen molar-refractivity contribution in [1.82, 2.24) is 19.8 Å². The van der Waals surface area contributed by atoms with Crippen molar-refractivity contribution in [3.05, 3.63) is 77.1 Å². The molecule has 0 radical (unpaired) electrons. The summed E-state index contributed by atoms with van der Waals surface area (Å²) in [5, 5.41) is 19.9. The molecular formula is C19H16ClN7O. The molecule has 1 amide bonds. The van der Waals surface area contributed by atoms with Crippen molar-refractivity contribution in [2.45, 2.75) is 6.54 Å². The van der Waals surface area contributed by atoms with Crippen LogP contribution in [0.1, 0.15) is 16.2 Å². The van der Waals surface area contributed by atoms with Crippen molar-refractivity contribution in [2.75, 3.05) is 10.6 Å². The SMILES string of the molecule is NC(=O)c1ccc(NCc2nnc3ccc(Nc4cccc(Cl)c4)nn23)cc1. The summed E-state index contributed by atoms with van der Waals surface area (Å²) >= 11 is 6.02. The molecule has 140 valence electrons. The van der Waals surface area contributed by atoms with Crippen LogP contribution in [0.4, 0.5) is 17.2 Å². The number of benzene rings is 2. The van der Waals surface area contributed by atoms with E-state index in [4.69, 9.17) is 17.3 Å². The summed E-state index contributed by atoms with van der Waals surface area (Å²) < 4.78 is 1.66. The van der Waals surface area contributed by atoms with E-state index in [-0.39, 0.29) is 0 Å². The molecule has 0 aliphatic heterocycles. The molecule has 4 N–H and O–H groups in total. The summed E-state index contributed by atoms with van der Waals surface area (Å²) in [4.78, 5) is 11.1. The molecule has 2 aromatic carbocycles. The first-order valence-electron chi connectivity index (χ1n) is 8.46. The number of amides is 1. The Morgan fingerprint density at radius 3 is 2.61 bits per heavy atom. The number of anilines is 3. The minimum absolute atomic E-state index is 0.407. The van der Waals surface area contributed by atoms with E-state index in [1.54, 1.807) is 28.8 Å². The van der Waals surface area contributed by atoms with Crippen LogP contribution in [0.2, 0.25) is 5.02 Å². The fraction of sp³-hybridized carbons (Fsp3) is 0.0526. The summed E-state index contributed by atoms with van der Waals surface area (Å²) in [6.07, 6.45) is 0. The number of hydrogen-bond acceptors (Lipinski definition) is 6. The van der Waals surface area contributed by atoms with Gasteiger partial charge in [0.2, 0.25) is 5.91 Å². The molecule has 8 nitrogen and oxygen atoms in total. The topological polar surface area (TPSA) is 110 Å². The van der Waals surface area contributed by atoms with Gasteiger partial charge in [-0.2, -0.15) is 4.52 Å². The number of rotatable bonds is 6. The minimum atomic E-state index is -0.459. The van der Waals surface area contributed by atoms with Gasteiger partial charge in [-0.1, -0.05) is 17.7 Å². The fourth-order valence-electron chi connectivity index (χ4n) is 2.66. The lowest BCUT2D eigenvalue weighted by molar-refractivity contribution is 0.100. The van der Waals surface area contributed by atoms with Crippen LogP contribution in [0.5, 0.6) is 0 Å². The predicted octanol–water partition coefficient (Wildman–Crippen LogP) is 3.23. The van der Waals surface area contributed by atoms with Crippen LogP contribution in [0.3, 0.4) is 0 Å². The molecule has 28 heavy (non-hydrogen) atoms. The molecule has 0 unspecified atom stereocenters. The van der Waals surface area contributed by atoms with Gasteiger partial charge in [0.05, 0.1) is 6.54 Å². The molecule has 0 spiro atoms. The number of primary amides is 1. The lowest BCUT2D eigenvalue weighted by Crippen LogP contribution is -2.11. The molecular weight excluding hydrogens is 378 g/mol. The number of nitrogens with two attached hydrogens (primary N) is 1. The highest BCUT2D eigenvalue weighted by Gasteiger charge is 2.08. The highest BCUT2D eigenvalue weighted by Crippen LogP contribution is 2.19. The zero-order valence-electron chi connectivity index (χ0n) is 14.6. The van der Waals surface area contributed by atoms with Crippen molar-refractivity contribution in [3.8, 4) is 0 Å². The monoisotopic (exact) mass is 393 g/mol. The van der Waals surface area contributed by atoms with Crippen molar-refractivity contribution < 1.29 is 4.79 Å². The molecule has 0 atom stereocenters. The minimum Gasteiger partial charge on any atom is -0.378 e. The summed E-state index contributed by atoms with van der Waals surface area (Å²) in [5.74, 6) is 0.823. The normalized spacial score (nSPS) is 10.8. The number of nitrogens with one attached hydrogen (secondary N) is 2. The molecule has 4 aromatic rings. The van der Waals surface area contributed by atoms with Crippen LogP contribution >= 0.6 is 11.6 Å². The molecule has 0 aliphatic rings. The standard InChI is InChI=1S/C19H16ClN7O/c20-13-2-1-3-15(10-13)23-16-8-9-17-24-25-18(27(17)26-16)11-22-14-6-4-12(5-7-14)19(21)28/h1-10,22H,11H2,(H2,21,28)(H,23,26). The highest BCUT2D eigenvalue weighted by molar-refractivity contribution is 6.30. The fourth-order valence-corrected chi connectivity index (χ4v) is 2.85. The van der Waals surface area contributed by atoms with Gasteiger partial charge in [-0.25, -0.2) is 0 Å². The second kappa shape index (κ2) is 7.53. The van der Waals surface area contributed by atoms with E-state index >= 15 is 0 Å². The number of carbonyl (C=O) groups excluding carboxylic acids is 1. The molecule has 2 aromatic heterocycles. The van der Waals surface area contributed by atoms with Crippen LogP contribution in [0.15, 0.2) is 60.7 Å². The largest absolute Gasteiger partial charge is 0.378 e. The van der Waals surface area contributed by atoms with Crippen molar-refractivity contribution in [2.24, 2.45) is 5.73 Å². The van der Waals surface area contributed by atoms with Gasteiger partial charge in [-0.05, 0) is 54.6 Å². The van der Waals surface area contributed by atoms with E-state index in [0.29, 0.717) is 34.4 Å². The maximum Gasteiger partial charge on any atom is 0.248 e. The van der Waals surface area contributed by atoms with Crippen LogP contribution in [-0.4, -0.2) is 25.7 Å². The zero-order chi connectivity index (χ0) is 19.5. The molecule has 0 fully saturated rings. The van der Waals surface area contributed by atoms with E-state index in [1.807, 2.05) is 36.4 Å². The third kappa shape index (κ3) is 3.86. The van der Waals surface area contributed by atoms with E-state index in [1.165, 1.54) is 0 Å². The smallest absolute Gasteiger partial charge is 0.248 e. The molecule has 0 saturated carbocycles. The number of fused-ring (bicyclic) bond motifs is 1. The molecule has 0 aliphatic carbocycles. The maximum atomic E-state index is 11.1. The van der Waals surface area contributed by atoms with E-state index in [9.17, 15) is 4.79 Å². The van der Waals surface area contributed by atoms with Crippen LogP contribution in [0, 0.1) is 0 Å². The predicted molar refractivity (Wildman–Crippen MR) is 108 cm³/mol. The van der Waals surface area contributed by atoms with E-state index in [2.05, 4.69) is 25.9 Å². The highest BCUT2D eigenvalue weighted by atomic mass is 35.5. The third-order valence-electron chi connectivity index (χ3n) is 4.04. The van der Waals surface area contributed by atoms with Crippen molar-refractivity contribution >= 4 is 40.3 Å². The lowest BCUT2D eigenvalue weighted by atomic mass is 10.2. The average Bonchev–Trinajstić information content (AvgIpc) is 3.09. The first kappa shape index (κ1) is 17.7. The number of hydrogen-bond donors (Lipinski definition) is 3. The Balaban J connectivity index is 1.52. The third-order valence-corrected chi connectivity index (χ3v) is 4.28. The van der Waals surface area contributed by atoms with E-state index < -0.39 is 5.91 Å². The second-order valence-corrected chi connectivity index (χ2v) is 6.47. The zero-order valence-corrected chi connectivity index (χ0v) is 15.4. The van der Waals surface area contributed by atoms with Gasteiger partial charge >= 0.3 is 0 Å². The molecule has 2 heterocycles. The Morgan fingerprint density at radius 1 is 1.04 bits per heavy atom. The number of carbonyl (C=O) groups is 1. The van der Waals surface area contributed by atoms with Gasteiger partial charge in [0, 0.05) is 22.0 Å². The first-order valence-corrected chi connectivity index (χ1v) is 8.84. The lowest BCUT2D eigenvalue weighted by Gasteiger charge is -2.08. The molecule has 4 rings (SSSR count). The Morgan fingerprint density at radius 2 is 1.86 bits per heavy atom. The molecule has 0 bridgehead atoms. The summed E-state index contributed by atoms with van der Waals surface area (Å²) in [5.41, 5.74) is 8.01. The molecule has 0 saturated heterocycles. The Kier molecular flexibility index (Phi) is 4.77. The van der Waals surface area contributed by atoms with E-state index in [0.717, 1.165) is 11.4 Å². The Labute approximate surface area is 165 Å². The Bertz CT molecular complexity index is 1140. The first-order chi connectivity index (χ1) is 13.6. The molecule has 9 heteroatoms. The van der Waals surface area contributed by atoms with Gasteiger partial charge in [0.25, 0.3) is 0 Å². The number of nitrogens with zero attached hydrogens (tertiary/aromatic N) is 4. The summed E-state index contributed by atoms with van der Waals surface area (Å²) in [7, 11) is 0. The van der Waals surface area contributed by atoms with Crippen LogP contribution < -0.4 is 16.4 Å². The van der Waals surface area contributed by atoms with Gasteiger partial charge in [-0.15, -0.1) is 15.3 Å². The quantitative estimate of drug-likeness (QED) is 0.464. The number of aromatic nitrogens is 4. The van der Waals surface area contributed by atoms with Crippen LogP contribution in [-0.2, 0) is 6.54 Å². The van der Waals surface area contributed by atoms with Gasteiger partial charge < -0.3 is 16.4 Å². The van der Waals surface area contributed by atoms with Gasteiger partial charge in [0.1, 0.15) is 0 Å². The second-order valence-electron chi connectivity index (χ2n) is 6.04. The maximum absolute atomic E-state index is 11.1. The van der Waals surface area contributed by atoms with Crippen LogP contribution in [0.25, 0.3) is 5.65 Å². The Hall–Kier alpha value is -3.65. The summed E-state index contributed by atoms with van der Waals surface area (Å²) in [6, 6.07) is 17.9. The average molecular weight is 394 g/mol. The van der Waals surface area contributed by atoms with Gasteiger partial charge in [-0.3, -0.25) is 4.79 Å². The summed E-state index contributed by atoms with van der Waals surface area (Å²) in [6.45, 7) is 0.407. The van der Waals surface area contributed by atoms with Gasteiger partial charge in [0.15, 0.2) is 17.3 Å². The van der Waals surface area contributed by atoms with Crippen molar-refractivity contribution in [3.63, 3.8) is 0 Å². The van der Waals surface area contributed by atoms with Crippen molar-refractivity contribution in [1.29, 1.82) is 0 Å².